The van der Waals surface area contributed by atoms with E-state index < -0.39 is 0 Å². The molecule has 4 heterocycles. The number of thioether (sulfide) groups is 1. The van der Waals surface area contributed by atoms with E-state index in [0.29, 0.717) is 5.92 Å². The second kappa shape index (κ2) is 9.24. The van der Waals surface area contributed by atoms with Crippen molar-refractivity contribution in [1.29, 1.82) is 0 Å². The Morgan fingerprint density at radius 3 is 2.56 bits per heavy atom. The lowest BCUT2D eigenvalue weighted by molar-refractivity contribution is 0.0713. The van der Waals surface area contributed by atoms with E-state index in [1.807, 2.05) is 64.0 Å². The fraction of sp³-hybridized carbons (Fsp3) is 0.222. The molecule has 1 aliphatic heterocycles. The van der Waals surface area contributed by atoms with Gasteiger partial charge in [0.2, 0.25) is 0 Å². The van der Waals surface area contributed by atoms with Gasteiger partial charge in [-0.05, 0) is 61.4 Å². The molecule has 0 atom stereocenters. The Labute approximate surface area is 206 Å². The second-order valence-corrected chi connectivity index (χ2v) is 10.7. The molecule has 5 aromatic rings. The highest BCUT2D eigenvalue weighted by Crippen LogP contribution is 2.34. The minimum atomic E-state index is 0.125. The molecule has 0 N–H and O–H groups in total. The number of rotatable bonds is 5. The molecule has 170 valence electrons. The first kappa shape index (κ1) is 21.4. The van der Waals surface area contributed by atoms with Crippen LogP contribution in [0.3, 0.4) is 0 Å². The number of hydrogen-bond acceptors (Lipinski definition) is 5. The average molecular weight is 485 g/mol. The molecule has 1 aliphatic rings. The number of imidazole rings is 1. The van der Waals surface area contributed by atoms with Gasteiger partial charge in [0, 0.05) is 47.6 Å². The Morgan fingerprint density at radius 2 is 1.76 bits per heavy atom. The van der Waals surface area contributed by atoms with Gasteiger partial charge in [0.25, 0.3) is 5.91 Å². The molecule has 2 aromatic carbocycles. The fourth-order valence-corrected chi connectivity index (χ4v) is 6.40. The summed E-state index contributed by atoms with van der Waals surface area (Å²) in [7, 11) is 0. The van der Waals surface area contributed by atoms with Gasteiger partial charge < -0.3 is 9.30 Å². The zero-order chi connectivity index (χ0) is 22.9. The summed E-state index contributed by atoms with van der Waals surface area (Å²) in [5, 5.41) is 1.21. The van der Waals surface area contributed by atoms with Crippen molar-refractivity contribution in [2.45, 2.75) is 29.4 Å². The van der Waals surface area contributed by atoms with Crippen LogP contribution in [0.1, 0.15) is 39.8 Å². The van der Waals surface area contributed by atoms with Gasteiger partial charge in [-0.1, -0.05) is 18.2 Å². The van der Waals surface area contributed by atoms with Crippen molar-refractivity contribution in [3.05, 3.63) is 95.4 Å². The molecule has 0 bridgehead atoms. The maximum atomic E-state index is 13.1. The van der Waals surface area contributed by atoms with Gasteiger partial charge >= 0.3 is 0 Å². The third-order valence-electron chi connectivity index (χ3n) is 6.34. The first-order valence-corrected chi connectivity index (χ1v) is 13.3. The molecule has 0 aliphatic carbocycles. The van der Waals surface area contributed by atoms with Crippen molar-refractivity contribution in [3.63, 3.8) is 0 Å². The third-order valence-corrected chi connectivity index (χ3v) is 8.59. The number of piperidine rings is 1. The molecule has 0 radical (unpaired) electrons. The van der Waals surface area contributed by atoms with E-state index >= 15 is 0 Å². The normalized spacial score (nSPS) is 14.8. The smallest absolute Gasteiger partial charge is 0.253 e. The van der Waals surface area contributed by atoms with Gasteiger partial charge in [-0.3, -0.25) is 4.79 Å². The van der Waals surface area contributed by atoms with E-state index in [-0.39, 0.29) is 5.91 Å². The van der Waals surface area contributed by atoms with Crippen LogP contribution in [-0.2, 0) is 5.75 Å². The Balaban J connectivity index is 1.05. The molecule has 34 heavy (non-hydrogen) atoms. The van der Waals surface area contributed by atoms with E-state index in [2.05, 4.69) is 29.4 Å². The maximum Gasteiger partial charge on any atom is 0.253 e. The van der Waals surface area contributed by atoms with Crippen LogP contribution in [0.15, 0.2) is 84.0 Å². The highest BCUT2D eigenvalue weighted by molar-refractivity contribution is 7.98. The standard InChI is InChI=1S/C27H24N4OS2/c32-27(30-15-12-19(13-16-30)26-29-23-5-1-2-6-24(23)34-26)20-8-10-22(11-9-20)33-18-21-17-31-14-4-3-7-25(31)28-21/h1-11,14,17,19H,12-13,15-16,18H2. The van der Waals surface area contributed by atoms with Crippen LogP contribution >= 0.6 is 23.1 Å². The third kappa shape index (κ3) is 4.33. The molecule has 1 saturated heterocycles. The molecule has 6 rings (SSSR count). The SMILES string of the molecule is O=C(c1ccc(SCc2cn3ccccc3n2)cc1)N1CCC(c2nc3ccccc3s2)CC1. The number of thiazole rings is 1. The number of carbonyl (C=O) groups excluding carboxylic acids is 1. The Bertz CT molecular complexity index is 1380. The Kier molecular flexibility index (Phi) is 5.81. The minimum Gasteiger partial charge on any atom is -0.339 e. The van der Waals surface area contributed by atoms with Crippen molar-refractivity contribution in [2.24, 2.45) is 0 Å². The van der Waals surface area contributed by atoms with Crippen LogP contribution in [0.25, 0.3) is 15.9 Å². The predicted molar refractivity (Wildman–Crippen MR) is 139 cm³/mol. The highest BCUT2D eigenvalue weighted by Gasteiger charge is 2.26. The summed E-state index contributed by atoms with van der Waals surface area (Å²) in [6.45, 7) is 1.56. The van der Waals surface area contributed by atoms with E-state index in [0.717, 1.165) is 59.0 Å². The Hall–Kier alpha value is -3.16. The van der Waals surface area contributed by atoms with Gasteiger partial charge in [-0.15, -0.1) is 23.1 Å². The van der Waals surface area contributed by atoms with Crippen molar-refractivity contribution >= 4 is 44.9 Å². The first-order valence-electron chi connectivity index (χ1n) is 11.5. The quantitative estimate of drug-likeness (QED) is 0.277. The lowest BCUT2D eigenvalue weighted by Crippen LogP contribution is -2.37. The Morgan fingerprint density at radius 1 is 0.971 bits per heavy atom. The molecule has 3 aromatic heterocycles. The average Bonchev–Trinajstić information content (AvgIpc) is 3.51. The van der Waals surface area contributed by atoms with Gasteiger partial charge in [-0.25, -0.2) is 9.97 Å². The van der Waals surface area contributed by atoms with Crippen LogP contribution in [0.2, 0.25) is 0 Å². The van der Waals surface area contributed by atoms with Crippen LogP contribution in [-0.4, -0.2) is 38.3 Å². The van der Waals surface area contributed by atoms with Crippen LogP contribution in [0.4, 0.5) is 0 Å². The first-order chi connectivity index (χ1) is 16.7. The molecule has 5 nitrogen and oxygen atoms in total. The molecule has 1 fully saturated rings. The van der Waals surface area contributed by atoms with E-state index in [9.17, 15) is 4.79 Å². The number of benzene rings is 2. The fourth-order valence-electron chi connectivity index (χ4n) is 4.48. The summed E-state index contributed by atoms with van der Waals surface area (Å²) >= 11 is 3.53. The predicted octanol–water partition coefficient (Wildman–Crippen LogP) is 6.26. The lowest BCUT2D eigenvalue weighted by atomic mass is 9.97. The zero-order valence-corrected chi connectivity index (χ0v) is 20.3. The molecule has 1 amide bonds. The number of fused-ring (bicyclic) bond motifs is 2. The van der Waals surface area contributed by atoms with E-state index in [4.69, 9.17) is 4.98 Å². The molecule has 0 saturated carbocycles. The number of para-hydroxylation sites is 1. The largest absolute Gasteiger partial charge is 0.339 e. The maximum absolute atomic E-state index is 13.1. The van der Waals surface area contributed by atoms with E-state index in [1.54, 1.807) is 23.1 Å². The van der Waals surface area contributed by atoms with Gasteiger partial charge in [-0.2, -0.15) is 0 Å². The number of likely N-dealkylation sites (tertiary alicyclic amines) is 1. The molecular formula is C27H24N4OS2. The number of carbonyl (C=O) groups is 1. The summed E-state index contributed by atoms with van der Waals surface area (Å²) in [6, 6.07) is 22.3. The van der Waals surface area contributed by atoms with Gasteiger partial charge in [0.1, 0.15) is 5.65 Å². The summed E-state index contributed by atoms with van der Waals surface area (Å²) < 4.78 is 3.28. The summed E-state index contributed by atoms with van der Waals surface area (Å²) in [6.07, 6.45) is 6.02. The molecule has 0 spiro atoms. The number of pyridine rings is 1. The van der Waals surface area contributed by atoms with Crippen LogP contribution < -0.4 is 0 Å². The number of hydrogen-bond donors (Lipinski definition) is 0. The number of amides is 1. The summed E-state index contributed by atoms with van der Waals surface area (Å²) in [4.78, 5) is 25.7. The summed E-state index contributed by atoms with van der Waals surface area (Å²) in [5.41, 5.74) is 3.86. The van der Waals surface area contributed by atoms with Crippen LogP contribution in [0.5, 0.6) is 0 Å². The number of nitrogens with zero attached hydrogens (tertiary/aromatic N) is 4. The van der Waals surface area contributed by atoms with Gasteiger partial charge in [0.05, 0.1) is 20.9 Å². The van der Waals surface area contributed by atoms with Crippen molar-refractivity contribution in [3.8, 4) is 0 Å². The van der Waals surface area contributed by atoms with Crippen molar-refractivity contribution in [1.82, 2.24) is 19.3 Å². The van der Waals surface area contributed by atoms with Crippen LogP contribution in [0, 0.1) is 0 Å². The van der Waals surface area contributed by atoms with Crippen molar-refractivity contribution < 1.29 is 4.79 Å². The number of aromatic nitrogens is 3. The zero-order valence-electron chi connectivity index (χ0n) is 18.6. The monoisotopic (exact) mass is 484 g/mol. The minimum absolute atomic E-state index is 0.125. The van der Waals surface area contributed by atoms with Crippen molar-refractivity contribution in [2.75, 3.05) is 13.1 Å². The topological polar surface area (TPSA) is 50.5 Å². The molecular weight excluding hydrogens is 460 g/mol. The second-order valence-electron chi connectivity index (χ2n) is 8.60. The highest BCUT2D eigenvalue weighted by atomic mass is 32.2. The molecule has 0 unspecified atom stereocenters. The summed E-state index contributed by atoms with van der Waals surface area (Å²) in [5.74, 6) is 1.37. The molecule has 7 heteroatoms. The van der Waals surface area contributed by atoms with Gasteiger partial charge in [0.15, 0.2) is 0 Å². The van der Waals surface area contributed by atoms with E-state index in [1.165, 1.54) is 9.71 Å². The lowest BCUT2D eigenvalue weighted by Gasteiger charge is -2.31.